The number of rotatable bonds is 7. The second-order valence-electron chi connectivity index (χ2n) is 10.7. The number of halogens is 1. The number of nitrogens with one attached hydrogen (secondary N) is 3. The first kappa shape index (κ1) is 30.3. The molecule has 3 heterocycles. The van der Waals surface area contributed by atoms with Gasteiger partial charge >= 0.3 is 6.03 Å². The van der Waals surface area contributed by atoms with Crippen molar-refractivity contribution in [3.63, 3.8) is 0 Å². The van der Waals surface area contributed by atoms with Crippen LogP contribution < -0.4 is 20.7 Å². The maximum absolute atomic E-state index is 14.9. The molecule has 12 heteroatoms. The van der Waals surface area contributed by atoms with Gasteiger partial charge in [0, 0.05) is 56.2 Å². The Morgan fingerprint density at radius 2 is 1.72 bits per heavy atom. The SMILES string of the molecule is O=C(Cc1ccccc1)NC(=S)Nc1ccc(Oc2ccnc(NC(=O)N3CCC(N4CCC(O)CC4)CC3)c2)c(F)c1. The quantitative estimate of drug-likeness (QED) is 0.290. The first-order valence-corrected chi connectivity index (χ1v) is 14.8. The molecule has 3 amide bonds. The Labute approximate surface area is 255 Å². The van der Waals surface area contributed by atoms with Gasteiger partial charge in [-0.25, -0.2) is 14.2 Å². The molecule has 0 unspecified atom stereocenters. The number of hydrogen-bond acceptors (Lipinski definition) is 7. The summed E-state index contributed by atoms with van der Waals surface area (Å²) in [6, 6.07) is 16.8. The number of likely N-dealkylation sites (tertiary alicyclic amines) is 2. The standard InChI is InChI=1S/C31H35FN6O4S/c32-26-19-22(34-30(43)36-29(40)18-21-4-2-1-3-5-21)6-7-27(26)42-25-8-13-33-28(20-25)35-31(41)38-14-9-23(10-15-38)37-16-11-24(39)12-17-37/h1-8,13,19-20,23-24,39H,9-12,14-18H2,(H,33,35,41)(H2,34,36,40,43). The van der Waals surface area contributed by atoms with Crippen molar-refractivity contribution in [2.24, 2.45) is 0 Å². The summed E-state index contributed by atoms with van der Waals surface area (Å²) in [5.74, 6) is -0.352. The van der Waals surface area contributed by atoms with E-state index in [2.05, 4.69) is 25.8 Å². The van der Waals surface area contributed by atoms with Crippen LogP contribution in [0.1, 0.15) is 31.2 Å². The van der Waals surface area contributed by atoms with E-state index < -0.39 is 5.82 Å². The number of carbonyl (C=O) groups excluding carboxylic acids is 2. The molecule has 2 aliphatic heterocycles. The third-order valence-corrected chi connectivity index (χ3v) is 7.82. The second kappa shape index (κ2) is 14.4. The van der Waals surface area contributed by atoms with Gasteiger partial charge in [0.2, 0.25) is 5.91 Å². The summed E-state index contributed by atoms with van der Waals surface area (Å²) < 4.78 is 20.6. The summed E-state index contributed by atoms with van der Waals surface area (Å²) >= 11 is 5.19. The van der Waals surface area contributed by atoms with Crippen molar-refractivity contribution in [1.82, 2.24) is 20.1 Å². The van der Waals surface area contributed by atoms with Crippen LogP contribution in [0.4, 0.5) is 20.7 Å². The number of carbonyl (C=O) groups is 2. The number of aliphatic hydroxyl groups is 1. The van der Waals surface area contributed by atoms with E-state index in [1.807, 2.05) is 30.3 Å². The van der Waals surface area contributed by atoms with Crippen LogP contribution in [0.15, 0.2) is 66.9 Å². The Bertz CT molecular complexity index is 1430. The van der Waals surface area contributed by atoms with Gasteiger partial charge in [-0.05, 0) is 61.7 Å². The highest BCUT2D eigenvalue weighted by atomic mass is 32.1. The zero-order valence-electron chi connectivity index (χ0n) is 23.7. The molecule has 0 radical (unpaired) electrons. The Hall–Kier alpha value is -4.13. The van der Waals surface area contributed by atoms with Gasteiger partial charge in [-0.2, -0.15) is 0 Å². The van der Waals surface area contributed by atoms with E-state index in [9.17, 15) is 19.1 Å². The van der Waals surface area contributed by atoms with E-state index in [1.165, 1.54) is 24.4 Å². The molecule has 43 heavy (non-hydrogen) atoms. The number of nitrogens with zero attached hydrogens (tertiary/aromatic N) is 3. The Balaban J connectivity index is 1.09. The van der Waals surface area contributed by atoms with Crippen molar-refractivity contribution < 1.29 is 23.8 Å². The predicted octanol–water partition coefficient (Wildman–Crippen LogP) is 4.52. The van der Waals surface area contributed by atoms with Crippen molar-refractivity contribution in [2.45, 2.75) is 44.2 Å². The molecule has 5 rings (SSSR count). The van der Waals surface area contributed by atoms with E-state index >= 15 is 0 Å². The summed E-state index contributed by atoms with van der Waals surface area (Å²) in [6.45, 7) is 3.07. The lowest BCUT2D eigenvalue weighted by Crippen LogP contribution is -2.50. The fourth-order valence-corrected chi connectivity index (χ4v) is 5.55. The fourth-order valence-electron chi connectivity index (χ4n) is 5.32. The molecule has 0 atom stereocenters. The van der Waals surface area contributed by atoms with E-state index in [-0.39, 0.29) is 35.3 Å². The third kappa shape index (κ3) is 8.69. The molecule has 2 aromatic carbocycles. The highest BCUT2D eigenvalue weighted by Gasteiger charge is 2.29. The Kier molecular flexibility index (Phi) is 10.1. The smallest absolute Gasteiger partial charge is 0.323 e. The van der Waals surface area contributed by atoms with Crippen LogP contribution in [0.2, 0.25) is 0 Å². The molecular weight excluding hydrogens is 571 g/mol. The normalized spacial score (nSPS) is 16.4. The van der Waals surface area contributed by atoms with Gasteiger partial charge in [0.15, 0.2) is 16.7 Å². The van der Waals surface area contributed by atoms with Crippen molar-refractivity contribution in [3.8, 4) is 11.5 Å². The van der Waals surface area contributed by atoms with Gasteiger partial charge in [0.05, 0.1) is 12.5 Å². The van der Waals surface area contributed by atoms with Crippen molar-refractivity contribution in [2.75, 3.05) is 36.8 Å². The van der Waals surface area contributed by atoms with Crippen molar-refractivity contribution in [1.29, 1.82) is 0 Å². The number of hydrogen-bond donors (Lipinski definition) is 4. The molecule has 2 aliphatic rings. The van der Waals surface area contributed by atoms with Gasteiger partial charge in [-0.15, -0.1) is 0 Å². The molecule has 0 saturated carbocycles. The minimum atomic E-state index is -0.642. The molecule has 10 nitrogen and oxygen atoms in total. The molecule has 226 valence electrons. The minimum Gasteiger partial charge on any atom is -0.454 e. The zero-order valence-corrected chi connectivity index (χ0v) is 24.5. The number of ether oxygens (including phenoxy) is 1. The van der Waals surface area contributed by atoms with E-state index in [4.69, 9.17) is 17.0 Å². The summed E-state index contributed by atoms with van der Waals surface area (Å²) in [7, 11) is 0. The monoisotopic (exact) mass is 606 g/mol. The van der Waals surface area contributed by atoms with Crippen LogP contribution in [0, 0.1) is 5.82 Å². The fraction of sp³-hybridized carbons (Fsp3) is 0.355. The summed E-state index contributed by atoms with van der Waals surface area (Å²) in [6.07, 6.45) is 4.83. The van der Waals surface area contributed by atoms with E-state index in [1.54, 1.807) is 17.0 Å². The molecule has 1 aromatic heterocycles. The average Bonchev–Trinajstić information content (AvgIpc) is 2.99. The van der Waals surface area contributed by atoms with Gasteiger partial charge in [0.25, 0.3) is 0 Å². The number of benzene rings is 2. The number of anilines is 2. The lowest BCUT2D eigenvalue weighted by molar-refractivity contribution is -0.119. The number of pyridine rings is 1. The second-order valence-corrected chi connectivity index (χ2v) is 11.1. The average molecular weight is 607 g/mol. The van der Waals surface area contributed by atoms with Crippen molar-refractivity contribution in [3.05, 3.63) is 78.2 Å². The number of urea groups is 1. The largest absolute Gasteiger partial charge is 0.454 e. The lowest BCUT2D eigenvalue weighted by atomic mass is 9.99. The van der Waals surface area contributed by atoms with Crippen molar-refractivity contribution >= 4 is 40.8 Å². The third-order valence-electron chi connectivity index (χ3n) is 7.61. The van der Waals surface area contributed by atoms with Crippen LogP contribution in [-0.2, 0) is 11.2 Å². The van der Waals surface area contributed by atoms with Crippen LogP contribution in [-0.4, -0.2) is 75.3 Å². The summed E-state index contributed by atoms with van der Waals surface area (Å²) in [5.41, 5.74) is 1.20. The highest BCUT2D eigenvalue weighted by molar-refractivity contribution is 7.80. The molecule has 0 aliphatic carbocycles. The molecular formula is C31H35FN6O4S. The van der Waals surface area contributed by atoms with Gasteiger partial charge < -0.3 is 30.3 Å². The van der Waals surface area contributed by atoms with E-state index in [0.29, 0.717) is 36.4 Å². The molecule has 3 aromatic rings. The number of piperidine rings is 2. The maximum atomic E-state index is 14.9. The number of aromatic nitrogens is 1. The lowest BCUT2D eigenvalue weighted by Gasteiger charge is -2.41. The first-order valence-electron chi connectivity index (χ1n) is 14.4. The zero-order chi connectivity index (χ0) is 30.2. The molecule has 4 N–H and O–H groups in total. The Morgan fingerprint density at radius 3 is 2.44 bits per heavy atom. The van der Waals surface area contributed by atoms with Crippen LogP contribution in [0.3, 0.4) is 0 Å². The van der Waals surface area contributed by atoms with E-state index in [0.717, 1.165) is 44.3 Å². The molecule has 2 saturated heterocycles. The van der Waals surface area contributed by atoms with Gasteiger partial charge in [0.1, 0.15) is 11.6 Å². The predicted molar refractivity (Wildman–Crippen MR) is 166 cm³/mol. The first-order chi connectivity index (χ1) is 20.8. The maximum Gasteiger partial charge on any atom is 0.323 e. The van der Waals surface area contributed by atoms with Crippen LogP contribution >= 0.6 is 12.2 Å². The van der Waals surface area contributed by atoms with Crippen LogP contribution in [0.5, 0.6) is 11.5 Å². The summed E-state index contributed by atoms with van der Waals surface area (Å²) in [4.78, 5) is 33.5. The molecule has 2 fully saturated rings. The highest BCUT2D eigenvalue weighted by Crippen LogP contribution is 2.28. The summed E-state index contributed by atoms with van der Waals surface area (Å²) in [5, 5.41) is 18.0. The Morgan fingerprint density at radius 1 is 0.977 bits per heavy atom. The van der Waals surface area contributed by atoms with Gasteiger partial charge in [-0.1, -0.05) is 30.3 Å². The minimum absolute atomic E-state index is 0.0274. The number of amides is 3. The topological polar surface area (TPSA) is 119 Å². The molecule has 0 spiro atoms. The number of thiocarbonyl (C=S) groups is 1. The number of aliphatic hydroxyl groups excluding tert-OH is 1. The van der Waals surface area contributed by atoms with Gasteiger partial charge in [-0.3, -0.25) is 10.1 Å². The molecule has 0 bridgehead atoms. The van der Waals surface area contributed by atoms with Crippen LogP contribution in [0.25, 0.3) is 0 Å².